The molecule has 1 N–H and O–H groups in total. The van der Waals surface area contributed by atoms with Gasteiger partial charge in [-0.1, -0.05) is 0 Å². The normalized spacial score (nSPS) is 24.8. The van der Waals surface area contributed by atoms with Crippen LogP contribution in [0.25, 0.3) is 22.5 Å². The molecule has 0 unspecified atom stereocenters. The Morgan fingerprint density at radius 3 is 2.68 bits per heavy atom. The maximum atomic E-state index is 13.3. The largest absolute Gasteiger partial charge is 0.463 e. The van der Waals surface area contributed by atoms with E-state index >= 15 is 0 Å². The van der Waals surface area contributed by atoms with Crippen molar-refractivity contribution < 1.29 is 9.21 Å². The number of furan rings is 1. The molecule has 2 aliphatic heterocycles. The Hall–Kier alpha value is -2.67. The summed E-state index contributed by atoms with van der Waals surface area (Å²) in [5.41, 5.74) is 2.77. The molecule has 0 aromatic carbocycles. The molecule has 3 aromatic rings. The molecule has 2 aliphatic rings. The summed E-state index contributed by atoms with van der Waals surface area (Å²) in [7, 11) is 4.06. The Morgan fingerprint density at radius 2 is 2.00 bits per heavy atom. The van der Waals surface area contributed by atoms with Crippen LogP contribution < -0.4 is 5.32 Å². The van der Waals surface area contributed by atoms with Crippen molar-refractivity contribution in [3.63, 3.8) is 0 Å². The molecule has 146 valence electrons. The van der Waals surface area contributed by atoms with Gasteiger partial charge >= 0.3 is 0 Å². The zero-order chi connectivity index (χ0) is 19.4. The fourth-order valence-electron chi connectivity index (χ4n) is 4.97. The highest BCUT2D eigenvalue weighted by Gasteiger charge is 2.39. The third-order valence-corrected chi connectivity index (χ3v) is 6.42. The molecule has 5 heterocycles. The Balaban J connectivity index is 1.51. The highest BCUT2D eigenvalue weighted by molar-refractivity contribution is 6.07. The quantitative estimate of drug-likeness (QED) is 0.757. The standard InChI is InChI=1S/C21H25N5O2/c1-12-19-16(21(27)22-13-9-14-6-7-15(10-13)25(14)2)11-17(18-5-4-8-28-18)23-20(19)26(3)24-12/h4-5,8,11,13-15H,6-7,9-10H2,1-3H3,(H,22,27)/t14-,15-/m1/s1. The number of nitrogens with zero attached hydrogens (tertiary/aromatic N) is 4. The van der Waals surface area contributed by atoms with Crippen LogP contribution in [-0.2, 0) is 7.05 Å². The summed E-state index contributed by atoms with van der Waals surface area (Å²) in [5.74, 6) is 0.595. The first kappa shape index (κ1) is 17.4. The zero-order valence-corrected chi connectivity index (χ0v) is 16.5. The third kappa shape index (κ3) is 2.73. The minimum Gasteiger partial charge on any atom is -0.463 e. The number of aromatic nitrogens is 3. The van der Waals surface area contributed by atoms with Crippen molar-refractivity contribution in [3.05, 3.63) is 35.7 Å². The van der Waals surface area contributed by atoms with Crippen molar-refractivity contribution in [2.75, 3.05) is 7.05 Å². The first-order valence-electron chi connectivity index (χ1n) is 9.92. The molecule has 1 amide bonds. The van der Waals surface area contributed by atoms with E-state index in [1.807, 2.05) is 32.2 Å². The van der Waals surface area contributed by atoms with Crippen LogP contribution in [-0.4, -0.2) is 50.7 Å². The van der Waals surface area contributed by atoms with Gasteiger partial charge in [0.25, 0.3) is 5.91 Å². The summed E-state index contributed by atoms with van der Waals surface area (Å²) < 4.78 is 7.24. The molecule has 0 radical (unpaired) electrons. The number of hydrogen-bond donors (Lipinski definition) is 1. The Bertz CT molecular complexity index is 1020. The van der Waals surface area contributed by atoms with Crippen molar-refractivity contribution in [2.24, 2.45) is 7.05 Å². The first-order chi connectivity index (χ1) is 13.5. The number of nitrogens with one attached hydrogen (secondary N) is 1. The second-order valence-electron chi connectivity index (χ2n) is 8.13. The van der Waals surface area contributed by atoms with Gasteiger partial charge in [-0.3, -0.25) is 9.48 Å². The van der Waals surface area contributed by atoms with E-state index in [1.54, 1.807) is 10.9 Å². The summed E-state index contributed by atoms with van der Waals surface area (Å²) in [4.78, 5) is 20.5. The number of pyridine rings is 1. The Labute approximate surface area is 163 Å². The van der Waals surface area contributed by atoms with Gasteiger partial charge in [-0.2, -0.15) is 5.10 Å². The topological polar surface area (TPSA) is 76.2 Å². The van der Waals surface area contributed by atoms with E-state index in [-0.39, 0.29) is 11.9 Å². The molecule has 3 aromatic heterocycles. The van der Waals surface area contributed by atoms with Crippen molar-refractivity contribution in [3.8, 4) is 11.5 Å². The molecular formula is C21H25N5O2. The zero-order valence-electron chi connectivity index (χ0n) is 16.5. The molecule has 28 heavy (non-hydrogen) atoms. The molecule has 0 spiro atoms. The summed E-state index contributed by atoms with van der Waals surface area (Å²) in [6.07, 6.45) is 6.12. The third-order valence-electron chi connectivity index (χ3n) is 6.42. The number of rotatable bonds is 3. The van der Waals surface area contributed by atoms with E-state index in [0.29, 0.717) is 34.7 Å². The highest BCUT2D eigenvalue weighted by atomic mass is 16.3. The number of amides is 1. The second kappa shape index (κ2) is 6.44. The van der Waals surface area contributed by atoms with Gasteiger partial charge in [0.1, 0.15) is 5.69 Å². The predicted molar refractivity (Wildman–Crippen MR) is 106 cm³/mol. The number of hydrogen-bond acceptors (Lipinski definition) is 5. The number of fused-ring (bicyclic) bond motifs is 3. The Morgan fingerprint density at radius 1 is 1.25 bits per heavy atom. The lowest BCUT2D eigenvalue weighted by Gasteiger charge is -2.36. The van der Waals surface area contributed by atoms with E-state index in [0.717, 1.165) is 23.9 Å². The monoisotopic (exact) mass is 379 g/mol. The van der Waals surface area contributed by atoms with Crippen LogP contribution in [0.4, 0.5) is 0 Å². The molecule has 5 rings (SSSR count). The SMILES string of the molecule is Cc1nn(C)c2nc(-c3ccco3)cc(C(=O)NC3C[C@H]4CC[C@H](C3)N4C)c12. The number of carbonyl (C=O) groups excluding carboxylic acids is 1. The van der Waals surface area contributed by atoms with Crippen LogP contribution in [0.1, 0.15) is 41.7 Å². The van der Waals surface area contributed by atoms with Gasteiger partial charge in [-0.15, -0.1) is 0 Å². The van der Waals surface area contributed by atoms with Crippen molar-refractivity contribution in [2.45, 2.75) is 50.7 Å². The maximum absolute atomic E-state index is 13.3. The summed E-state index contributed by atoms with van der Waals surface area (Å²) in [6, 6.07) is 6.89. The van der Waals surface area contributed by atoms with E-state index < -0.39 is 0 Å². The molecule has 2 atom stereocenters. The van der Waals surface area contributed by atoms with Crippen molar-refractivity contribution in [1.29, 1.82) is 0 Å². The van der Waals surface area contributed by atoms with Crippen LogP contribution in [0.15, 0.2) is 28.9 Å². The van der Waals surface area contributed by atoms with Crippen LogP contribution in [0.5, 0.6) is 0 Å². The van der Waals surface area contributed by atoms with Crippen LogP contribution in [0.2, 0.25) is 0 Å². The predicted octanol–water partition coefficient (Wildman–Crippen LogP) is 2.89. The Kier molecular flexibility index (Phi) is 4.01. The molecule has 2 saturated heterocycles. The van der Waals surface area contributed by atoms with E-state index in [9.17, 15) is 4.79 Å². The van der Waals surface area contributed by atoms with E-state index in [4.69, 9.17) is 9.40 Å². The molecule has 7 heteroatoms. The van der Waals surface area contributed by atoms with Gasteiger partial charge in [-0.05, 0) is 57.9 Å². The van der Waals surface area contributed by atoms with Crippen molar-refractivity contribution >= 4 is 16.9 Å². The van der Waals surface area contributed by atoms with Gasteiger partial charge in [0, 0.05) is 25.2 Å². The number of piperidine rings is 1. The second-order valence-corrected chi connectivity index (χ2v) is 8.13. The van der Waals surface area contributed by atoms with Crippen molar-refractivity contribution in [1.82, 2.24) is 25.0 Å². The fraction of sp³-hybridized carbons (Fsp3) is 0.476. The minimum absolute atomic E-state index is 0.0507. The molecule has 0 saturated carbocycles. The van der Waals surface area contributed by atoms with Crippen LogP contribution in [0, 0.1) is 6.92 Å². The van der Waals surface area contributed by atoms with Gasteiger partial charge < -0.3 is 14.6 Å². The van der Waals surface area contributed by atoms with Gasteiger partial charge in [0.05, 0.1) is 22.9 Å². The van der Waals surface area contributed by atoms with E-state index in [1.165, 1.54) is 12.8 Å². The average Bonchev–Trinajstić information content (AvgIpc) is 3.34. The molecule has 0 aliphatic carbocycles. The molecule has 2 bridgehead atoms. The molecular weight excluding hydrogens is 354 g/mol. The summed E-state index contributed by atoms with van der Waals surface area (Å²) in [5, 5.41) is 8.59. The minimum atomic E-state index is -0.0507. The number of carbonyl (C=O) groups is 1. The number of aryl methyl sites for hydroxylation is 2. The van der Waals surface area contributed by atoms with Crippen LogP contribution >= 0.6 is 0 Å². The lowest BCUT2D eigenvalue weighted by atomic mass is 9.97. The van der Waals surface area contributed by atoms with Gasteiger partial charge in [-0.25, -0.2) is 4.98 Å². The average molecular weight is 379 g/mol. The van der Waals surface area contributed by atoms with Gasteiger partial charge in [0.2, 0.25) is 0 Å². The van der Waals surface area contributed by atoms with Crippen LogP contribution in [0.3, 0.4) is 0 Å². The summed E-state index contributed by atoms with van der Waals surface area (Å²) in [6.45, 7) is 1.92. The first-order valence-corrected chi connectivity index (χ1v) is 9.92. The lowest BCUT2D eigenvalue weighted by molar-refractivity contribution is 0.0884. The lowest BCUT2D eigenvalue weighted by Crippen LogP contribution is -2.48. The van der Waals surface area contributed by atoms with Gasteiger partial charge in [0.15, 0.2) is 11.4 Å². The van der Waals surface area contributed by atoms with E-state index in [2.05, 4.69) is 22.4 Å². The maximum Gasteiger partial charge on any atom is 0.252 e. The highest BCUT2D eigenvalue weighted by Crippen LogP contribution is 2.34. The fourth-order valence-corrected chi connectivity index (χ4v) is 4.97. The smallest absolute Gasteiger partial charge is 0.252 e. The molecule has 7 nitrogen and oxygen atoms in total. The summed E-state index contributed by atoms with van der Waals surface area (Å²) >= 11 is 0. The molecule has 2 fully saturated rings.